The third-order valence-corrected chi connectivity index (χ3v) is 6.93. The van der Waals surface area contributed by atoms with Gasteiger partial charge in [0.15, 0.2) is 5.69 Å². The van der Waals surface area contributed by atoms with E-state index in [1.165, 1.54) is 5.56 Å². The van der Waals surface area contributed by atoms with Crippen molar-refractivity contribution in [3.05, 3.63) is 82.7 Å². The quantitative estimate of drug-likeness (QED) is 0.595. The van der Waals surface area contributed by atoms with Crippen LogP contribution in [0, 0.1) is 0 Å². The van der Waals surface area contributed by atoms with Gasteiger partial charge >= 0.3 is 0 Å². The van der Waals surface area contributed by atoms with Crippen LogP contribution < -0.4 is 4.74 Å². The SMILES string of the molecule is COc1ccccc1CC(=O)N1CCc2[nH]nc(C(=O)N3CCN(Cc4ccccc4)CC3)c2C1. The molecule has 0 radical (unpaired) electrons. The van der Waals surface area contributed by atoms with E-state index in [0.717, 1.165) is 36.5 Å². The number of aromatic nitrogens is 2. The number of carbonyl (C=O) groups is 2. The van der Waals surface area contributed by atoms with Crippen molar-refractivity contribution in [2.45, 2.75) is 25.9 Å². The zero-order valence-electron chi connectivity index (χ0n) is 20.1. The molecule has 182 valence electrons. The Balaban J connectivity index is 1.21. The smallest absolute Gasteiger partial charge is 0.274 e. The number of ether oxygens (including phenoxy) is 1. The first-order chi connectivity index (χ1) is 17.1. The second-order valence-corrected chi connectivity index (χ2v) is 9.14. The number of piperazine rings is 1. The number of hydrogen-bond acceptors (Lipinski definition) is 5. The molecule has 35 heavy (non-hydrogen) atoms. The van der Waals surface area contributed by atoms with Crippen molar-refractivity contribution in [2.24, 2.45) is 0 Å². The molecule has 1 saturated heterocycles. The average Bonchev–Trinajstić information content (AvgIpc) is 3.33. The summed E-state index contributed by atoms with van der Waals surface area (Å²) in [6.07, 6.45) is 0.933. The highest BCUT2D eigenvalue weighted by molar-refractivity contribution is 5.94. The van der Waals surface area contributed by atoms with Crippen LogP contribution in [0.4, 0.5) is 0 Å². The second-order valence-electron chi connectivity index (χ2n) is 9.14. The van der Waals surface area contributed by atoms with E-state index >= 15 is 0 Å². The van der Waals surface area contributed by atoms with E-state index in [1.807, 2.05) is 40.1 Å². The summed E-state index contributed by atoms with van der Waals surface area (Å²) in [5.41, 5.74) is 4.40. The second kappa shape index (κ2) is 10.3. The Morgan fingerprint density at radius 2 is 1.69 bits per heavy atom. The molecule has 0 spiro atoms. The molecule has 3 heterocycles. The number of aromatic amines is 1. The highest BCUT2D eigenvalue weighted by atomic mass is 16.5. The first-order valence-electron chi connectivity index (χ1n) is 12.1. The molecule has 8 nitrogen and oxygen atoms in total. The van der Waals surface area contributed by atoms with Crippen LogP contribution in [0.25, 0.3) is 0 Å². The van der Waals surface area contributed by atoms with Crippen LogP contribution in [-0.2, 0) is 30.7 Å². The van der Waals surface area contributed by atoms with E-state index in [9.17, 15) is 9.59 Å². The van der Waals surface area contributed by atoms with Gasteiger partial charge in [-0.05, 0) is 11.6 Å². The summed E-state index contributed by atoms with van der Waals surface area (Å²) in [5, 5.41) is 7.43. The first-order valence-corrected chi connectivity index (χ1v) is 12.1. The molecule has 0 atom stereocenters. The molecule has 8 heteroatoms. The monoisotopic (exact) mass is 473 g/mol. The number of amides is 2. The Morgan fingerprint density at radius 1 is 0.943 bits per heavy atom. The first kappa shape index (κ1) is 23.1. The van der Waals surface area contributed by atoms with Crippen LogP contribution in [0.5, 0.6) is 5.75 Å². The van der Waals surface area contributed by atoms with Gasteiger partial charge in [-0.15, -0.1) is 0 Å². The van der Waals surface area contributed by atoms with E-state index in [4.69, 9.17) is 4.74 Å². The summed E-state index contributed by atoms with van der Waals surface area (Å²) >= 11 is 0. The van der Waals surface area contributed by atoms with E-state index in [1.54, 1.807) is 7.11 Å². The van der Waals surface area contributed by atoms with Gasteiger partial charge in [-0.3, -0.25) is 19.6 Å². The van der Waals surface area contributed by atoms with Gasteiger partial charge in [-0.2, -0.15) is 5.10 Å². The van der Waals surface area contributed by atoms with E-state index in [0.29, 0.717) is 44.0 Å². The number of para-hydroxylation sites is 1. The van der Waals surface area contributed by atoms with E-state index < -0.39 is 0 Å². The maximum atomic E-state index is 13.4. The Labute approximate surface area is 205 Å². The standard InChI is InChI=1S/C27H31N5O3/c1-35-24-10-6-5-9-21(24)17-25(33)32-12-11-23-22(19-32)26(29-28-23)27(34)31-15-13-30(14-16-31)18-20-7-3-2-4-8-20/h2-10H,11-19H2,1H3,(H,28,29). The molecule has 2 aliphatic rings. The zero-order chi connectivity index (χ0) is 24.2. The lowest BCUT2D eigenvalue weighted by Gasteiger charge is -2.35. The summed E-state index contributed by atoms with van der Waals surface area (Å²) in [4.78, 5) is 32.5. The van der Waals surface area contributed by atoms with Crippen LogP contribution in [0.15, 0.2) is 54.6 Å². The normalized spacial score (nSPS) is 16.1. The number of nitrogens with zero attached hydrogens (tertiary/aromatic N) is 4. The molecule has 1 aromatic heterocycles. The lowest BCUT2D eigenvalue weighted by Crippen LogP contribution is -2.48. The highest BCUT2D eigenvalue weighted by Gasteiger charge is 2.31. The predicted octanol–water partition coefficient (Wildman–Crippen LogP) is 2.50. The molecule has 0 bridgehead atoms. The highest BCUT2D eigenvalue weighted by Crippen LogP contribution is 2.24. The molecule has 0 aliphatic carbocycles. The summed E-state index contributed by atoms with van der Waals surface area (Å²) in [6, 6.07) is 18.0. The van der Waals surface area contributed by atoms with Gasteiger partial charge < -0.3 is 14.5 Å². The third kappa shape index (κ3) is 5.07. The number of fused-ring (bicyclic) bond motifs is 1. The summed E-state index contributed by atoms with van der Waals surface area (Å²) in [6.45, 7) is 4.90. The van der Waals surface area contributed by atoms with Crippen molar-refractivity contribution >= 4 is 11.8 Å². The van der Waals surface area contributed by atoms with Gasteiger partial charge in [0.1, 0.15) is 5.75 Å². The lowest BCUT2D eigenvalue weighted by atomic mass is 10.0. The van der Waals surface area contributed by atoms with Crippen LogP contribution in [0.2, 0.25) is 0 Å². The Kier molecular flexibility index (Phi) is 6.81. The van der Waals surface area contributed by atoms with E-state index in [2.05, 4.69) is 39.4 Å². The minimum atomic E-state index is -0.0547. The topological polar surface area (TPSA) is 81.8 Å². The van der Waals surface area contributed by atoms with Gasteiger partial charge in [-0.1, -0.05) is 48.5 Å². The molecule has 2 aromatic carbocycles. The molecular weight excluding hydrogens is 442 g/mol. The number of nitrogens with one attached hydrogen (secondary N) is 1. The van der Waals surface area contributed by atoms with Crippen LogP contribution in [-0.4, -0.2) is 76.5 Å². The summed E-state index contributed by atoms with van der Waals surface area (Å²) < 4.78 is 5.40. The molecule has 2 amide bonds. The Bertz CT molecular complexity index is 1180. The minimum absolute atomic E-state index is 0.0225. The van der Waals surface area contributed by atoms with Crippen molar-refractivity contribution < 1.29 is 14.3 Å². The van der Waals surface area contributed by atoms with Crippen LogP contribution >= 0.6 is 0 Å². The fraction of sp³-hybridized carbons (Fsp3) is 0.370. The van der Waals surface area contributed by atoms with Gasteiger partial charge in [0, 0.05) is 69.1 Å². The number of carbonyl (C=O) groups excluding carboxylic acids is 2. The van der Waals surface area contributed by atoms with Gasteiger partial charge in [-0.25, -0.2) is 0 Å². The number of methoxy groups -OCH3 is 1. The molecular formula is C27H31N5O3. The maximum absolute atomic E-state index is 13.4. The largest absolute Gasteiger partial charge is 0.496 e. The van der Waals surface area contributed by atoms with Crippen molar-refractivity contribution in [1.82, 2.24) is 24.9 Å². The average molecular weight is 474 g/mol. The minimum Gasteiger partial charge on any atom is -0.496 e. The van der Waals surface area contributed by atoms with Crippen molar-refractivity contribution in [3.63, 3.8) is 0 Å². The molecule has 2 aliphatic heterocycles. The Morgan fingerprint density at radius 3 is 2.46 bits per heavy atom. The predicted molar refractivity (Wildman–Crippen MR) is 132 cm³/mol. The molecule has 0 unspecified atom stereocenters. The fourth-order valence-corrected chi connectivity index (χ4v) is 4.91. The summed E-state index contributed by atoms with van der Waals surface area (Å²) in [5.74, 6) is 0.680. The number of benzene rings is 2. The van der Waals surface area contributed by atoms with Crippen molar-refractivity contribution in [2.75, 3.05) is 39.8 Å². The number of hydrogen-bond donors (Lipinski definition) is 1. The molecule has 0 saturated carbocycles. The Hall–Kier alpha value is -3.65. The number of H-pyrrole nitrogens is 1. The molecule has 5 rings (SSSR count). The maximum Gasteiger partial charge on any atom is 0.274 e. The van der Waals surface area contributed by atoms with Crippen LogP contribution in [0.1, 0.15) is 32.9 Å². The zero-order valence-corrected chi connectivity index (χ0v) is 20.1. The molecule has 1 fully saturated rings. The number of rotatable bonds is 6. The third-order valence-electron chi connectivity index (χ3n) is 6.93. The molecule has 3 aromatic rings. The van der Waals surface area contributed by atoms with Crippen molar-refractivity contribution in [1.29, 1.82) is 0 Å². The van der Waals surface area contributed by atoms with Gasteiger partial charge in [0.25, 0.3) is 5.91 Å². The van der Waals surface area contributed by atoms with Crippen molar-refractivity contribution in [3.8, 4) is 5.75 Å². The molecule has 1 N–H and O–H groups in total. The summed E-state index contributed by atoms with van der Waals surface area (Å²) in [7, 11) is 1.61. The van der Waals surface area contributed by atoms with Gasteiger partial charge in [0.2, 0.25) is 5.91 Å². The lowest BCUT2D eigenvalue weighted by molar-refractivity contribution is -0.131. The van der Waals surface area contributed by atoms with Gasteiger partial charge in [0.05, 0.1) is 13.5 Å². The van der Waals surface area contributed by atoms with Crippen LogP contribution in [0.3, 0.4) is 0 Å². The van der Waals surface area contributed by atoms with E-state index in [-0.39, 0.29) is 18.2 Å². The fourth-order valence-electron chi connectivity index (χ4n) is 4.91.